The van der Waals surface area contributed by atoms with E-state index in [9.17, 15) is 13.2 Å². The van der Waals surface area contributed by atoms with E-state index in [0.29, 0.717) is 24.2 Å². The number of hydrogen-bond acceptors (Lipinski definition) is 5. The molecule has 2 aliphatic rings. The molecule has 0 spiro atoms. The lowest BCUT2D eigenvalue weighted by Gasteiger charge is -2.36. The number of H-pyrrole nitrogens is 1. The fourth-order valence-electron chi connectivity index (χ4n) is 4.97. The number of carbonyl (C=O) groups excluding carboxylic acids is 1. The van der Waals surface area contributed by atoms with Crippen molar-refractivity contribution >= 4 is 15.9 Å². The molecule has 1 aromatic carbocycles. The zero-order valence-electron chi connectivity index (χ0n) is 19.5. The first-order valence-corrected chi connectivity index (χ1v) is 13.3. The Morgan fingerprint density at radius 1 is 1.06 bits per heavy atom. The number of rotatable bonds is 2. The Morgan fingerprint density at radius 2 is 1.91 bits per heavy atom. The topological polar surface area (TPSA) is 95.6 Å². The van der Waals surface area contributed by atoms with Gasteiger partial charge in [-0.2, -0.15) is 9.40 Å². The van der Waals surface area contributed by atoms with Crippen molar-refractivity contribution in [1.29, 1.82) is 0 Å². The van der Waals surface area contributed by atoms with Gasteiger partial charge in [0.2, 0.25) is 15.9 Å². The van der Waals surface area contributed by atoms with Crippen LogP contribution in [0.3, 0.4) is 0 Å². The summed E-state index contributed by atoms with van der Waals surface area (Å²) in [5, 5.41) is 6.83. The summed E-state index contributed by atoms with van der Waals surface area (Å²) in [6, 6.07) is 8.23. The second kappa shape index (κ2) is 10.3. The van der Waals surface area contributed by atoms with Gasteiger partial charge in [0, 0.05) is 32.1 Å². The van der Waals surface area contributed by atoms with E-state index in [0.717, 1.165) is 44.4 Å². The molecule has 2 aliphatic heterocycles. The Bertz CT molecular complexity index is 1060. The summed E-state index contributed by atoms with van der Waals surface area (Å²) < 4.78 is 34.4. The predicted octanol–water partition coefficient (Wildman–Crippen LogP) is 3.20. The van der Waals surface area contributed by atoms with E-state index in [1.54, 1.807) is 13.8 Å². The van der Waals surface area contributed by atoms with Crippen molar-refractivity contribution in [1.82, 2.24) is 19.4 Å². The van der Waals surface area contributed by atoms with Crippen LogP contribution in [0.25, 0.3) is 0 Å². The van der Waals surface area contributed by atoms with Gasteiger partial charge < -0.3 is 9.64 Å². The molecule has 0 radical (unpaired) electrons. The van der Waals surface area contributed by atoms with Crippen LogP contribution in [-0.4, -0.2) is 66.0 Å². The third-order valence-corrected chi connectivity index (χ3v) is 8.84. The van der Waals surface area contributed by atoms with Crippen molar-refractivity contribution in [3.05, 3.63) is 41.2 Å². The highest BCUT2D eigenvalue weighted by molar-refractivity contribution is 7.89. The van der Waals surface area contributed by atoms with Crippen LogP contribution in [0.15, 0.2) is 29.2 Å². The molecule has 1 fully saturated rings. The zero-order chi connectivity index (χ0) is 23.4. The molecular formula is C24H34N4O4S. The molecule has 2 aromatic rings. The minimum Gasteiger partial charge on any atom is -0.492 e. The minimum atomic E-state index is -3.77. The first-order valence-electron chi connectivity index (χ1n) is 11.9. The molecule has 1 atom stereocenters. The maximum atomic E-state index is 13.5. The van der Waals surface area contributed by atoms with Gasteiger partial charge in [-0.05, 0) is 70.1 Å². The molecule has 3 heterocycles. The number of sulfonamides is 1. The Balaban J connectivity index is 1.59. The molecule has 0 aliphatic carbocycles. The number of nitrogens with one attached hydrogen (secondary N) is 1. The fraction of sp³-hybridized carbons (Fsp3) is 0.583. The molecule has 1 unspecified atom stereocenters. The van der Waals surface area contributed by atoms with Crippen molar-refractivity contribution in [2.45, 2.75) is 69.7 Å². The number of hydrogen-bond donors (Lipinski definition) is 1. The van der Waals surface area contributed by atoms with Gasteiger partial charge in [-0.3, -0.25) is 9.89 Å². The number of aromatic amines is 1. The first kappa shape index (κ1) is 23.8. The van der Waals surface area contributed by atoms with Gasteiger partial charge in [-0.1, -0.05) is 12.1 Å². The Morgan fingerprint density at radius 3 is 2.70 bits per heavy atom. The van der Waals surface area contributed by atoms with Gasteiger partial charge >= 0.3 is 0 Å². The van der Waals surface area contributed by atoms with Crippen molar-refractivity contribution in [3.8, 4) is 5.75 Å². The predicted molar refractivity (Wildman–Crippen MR) is 126 cm³/mol. The van der Waals surface area contributed by atoms with Gasteiger partial charge in [-0.25, -0.2) is 8.42 Å². The normalized spacial score (nSPS) is 21.6. The fourth-order valence-corrected chi connectivity index (χ4v) is 6.76. The van der Waals surface area contributed by atoms with Crippen LogP contribution in [-0.2, 0) is 21.2 Å². The first-order chi connectivity index (χ1) is 15.9. The number of piperidine rings is 1. The SMILES string of the molecule is Cc1n[nH]c(C)c1S(=O)(=O)N1CCCC(=O)N2CCCCC2CCc2cccc(c2)OCC1. The van der Waals surface area contributed by atoms with Crippen LogP contribution in [0, 0.1) is 13.8 Å². The summed E-state index contributed by atoms with van der Waals surface area (Å²) in [7, 11) is -3.77. The smallest absolute Gasteiger partial charge is 0.246 e. The van der Waals surface area contributed by atoms with Gasteiger partial charge in [-0.15, -0.1) is 0 Å². The Labute approximate surface area is 196 Å². The highest BCUT2D eigenvalue weighted by Crippen LogP contribution is 2.26. The van der Waals surface area contributed by atoms with E-state index in [1.165, 1.54) is 9.87 Å². The van der Waals surface area contributed by atoms with Crippen LogP contribution in [0.2, 0.25) is 0 Å². The number of aromatic nitrogens is 2. The molecule has 1 aromatic heterocycles. The summed E-state index contributed by atoms with van der Waals surface area (Å²) >= 11 is 0. The minimum absolute atomic E-state index is 0.132. The van der Waals surface area contributed by atoms with E-state index in [1.807, 2.05) is 23.1 Å². The van der Waals surface area contributed by atoms with E-state index in [-0.39, 0.29) is 36.5 Å². The third-order valence-electron chi connectivity index (χ3n) is 6.68. The molecule has 1 saturated heterocycles. The number of amides is 1. The van der Waals surface area contributed by atoms with E-state index < -0.39 is 10.0 Å². The van der Waals surface area contributed by atoms with Gasteiger partial charge in [0.25, 0.3) is 0 Å². The molecule has 8 nitrogen and oxygen atoms in total. The lowest BCUT2D eigenvalue weighted by Crippen LogP contribution is -2.44. The van der Waals surface area contributed by atoms with Crippen molar-refractivity contribution in [2.24, 2.45) is 0 Å². The summed E-state index contributed by atoms with van der Waals surface area (Å²) in [5.41, 5.74) is 2.14. The van der Waals surface area contributed by atoms with E-state index in [4.69, 9.17) is 4.74 Å². The largest absolute Gasteiger partial charge is 0.492 e. The number of carbonyl (C=O) groups is 1. The Kier molecular flexibility index (Phi) is 7.38. The summed E-state index contributed by atoms with van der Waals surface area (Å²) in [5.74, 6) is 0.875. The molecule has 4 rings (SSSR count). The maximum absolute atomic E-state index is 13.5. The van der Waals surface area contributed by atoms with Crippen LogP contribution in [0.4, 0.5) is 0 Å². The van der Waals surface area contributed by atoms with Gasteiger partial charge in [0.1, 0.15) is 17.3 Å². The molecule has 0 saturated carbocycles. The van der Waals surface area contributed by atoms with Crippen molar-refractivity contribution < 1.29 is 17.9 Å². The van der Waals surface area contributed by atoms with Gasteiger partial charge in [0.15, 0.2) is 0 Å². The summed E-state index contributed by atoms with van der Waals surface area (Å²) in [6.07, 6.45) is 5.87. The van der Waals surface area contributed by atoms with Gasteiger partial charge in [0.05, 0.1) is 11.4 Å². The average Bonchev–Trinajstić information content (AvgIpc) is 3.15. The number of ether oxygens (including phenoxy) is 1. The molecular weight excluding hydrogens is 440 g/mol. The monoisotopic (exact) mass is 474 g/mol. The third kappa shape index (κ3) is 5.41. The second-order valence-electron chi connectivity index (χ2n) is 9.04. The van der Waals surface area contributed by atoms with Crippen LogP contribution in [0.1, 0.15) is 55.5 Å². The van der Waals surface area contributed by atoms with Crippen LogP contribution in [0.5, 0.6) is 5.75 Å². The summed E-state index contributed by atoms with van der Waals surface area (Å²) in [6.45, 7) is 4.90. The molecule has 33 heavy (non-hydrogen) atoms. The highest BCUT2D eigenvalue weighted by atomic mass is 32.2. The lowest BCUT2D eigenvalue weighted by atomic mass is 9.95. The number of benzene rings is 1. The zero-order valence-corrected chi connectivity index (χ0v) is 20.4. The molecule has 1 N–H and O–H groups in total. The number of aryl methyl sites for hydroxylation is 3. The second-order valence-corrected chi connectivity index (χ2v) is 10.9. The number of nitrogens with zero attached hydrogens (tertiary/aromatic N) is 3. The lowest BCUT2D eigenvalue weighted by molar-refractivity contribution is -0.135. The average molecular weight is 475 g/mol. The van der Waals surface area contributed by atoms with E-state index >= 15 is 0 Å². The van der Waals surface area contributed by atoms with Crippen LogP contribution < -0.4 is 4.74 Å². The highest BCUT2D eigenvalue weighted by Gasteiger charge is 2.31. The van der Waals surface area contributed by atoms with Crippen LogP contribution >= 0.6 is 0 Å². The molecule has 1 amide bonds. The molecule has 9 heteroatoms. The van der Waals surface area contributed by atoms with E-state index in [2.05, 4.69) is 16.3 Å². The van der Waals surface area contributed by atoms with Crippen molar-refractivity contribution in [2.75, 3.05) is 26.2 Å². The number of fused-ring (bicyclic) bond motifs is 3. The quantitative estimate of drug-likeness (QED) is 0.721. The summed E-state index contributed by atoms with van der Waals surface area (Å²) in [4.78, 5) is 15.3. The Hall–Kier alpha value is -2.39. The van der Waals surface area contributed by atoms with Crippen molar-refractivity contribution in [3.63, 3.8) is 0 Å². The standard InChI is InChI=1S/C24H34N4O4S/c1-18-24(19(2)26-25-18)33(30,31)27-13-6-10-23(29)28-14-4-3-8-21(28)12-11-20-7-5-9-22(17-20)32-16-15-27/h5,7,9,17,21H,3-4,6,8,10-16H2,1-2H3,(H,25,26). The molecule has 2 bridgehead atoms. The molecule has 180 valence electrons. The maximum Gasteiger partial charge on any atom is 0.246 e.